The number of carbonyl (C=O) groups excluding carboxylic acids is 2. The molecule has 0 spiro atoms. The largest absolute Gasteiger partial charge is 0.378 e. The van der Waals surface area contributed by atoms with Crippen molar-refractivity contribution in [2.24, 2.45) is 0 Å². The van der Waals surface area contributed by atoms with E-state index in [1.165, 1.54) is 24.8 Å². The summed E-state index contributed by atoms with van der Waals surface area (Å²) >= 11 is 1.67. The highest BCUT2D eigenvalue weighted by Gasteiger charge is 2.29. The second-order valence-electron chi connectivity index (χ2n) is 12.2. The number of nitrogens with zero attached hydrogens (tertiary/aromatic N) is 4. The number of carbonyl (C=O) groups is 2. The van der Waals surface area contributed by atoms with Crippen LogP contribution >= 0.6 is 11.3 Å². The molecule has 8 heteroatoms. The summed E-state index contributed by atoms with van der Waals surface area (Å²) in [4.78, 5) is 38.9. The van der Waals surface area contributed by atoms with E-state index < -0.39 is 0 Å². The minimum Gasteiger partial charge on any atom is -0.378 e. The number of hydrogen-bond acceptors (Lipinski definition) is 6. The third-order valence-electron chi connectivity index (χ3n) is 9.28. The van der Waals surface area contributed by atoms with Crippen LogP contribution in [0.1, 0.15) is 71.6 Å². The number of Topliss-reactive ketones (excluding diaryl/α,β-unsaturated/α-hetero) is 1. The predicted octanol–water partition coefficient (Wildman–Crippen LogP) is 7.71. The number of pyridine rings is 1. The van der Waals surface area contributed by atoms with E-state index in [4.69, 9.17) is 9.72 Å². The number of benzene rings is 2. The summed E-state index contributed by atoms with van der Waals surface area (Å²) in [5.41, 5.74) is 7.99. The highest BCUT2D eigenvalue weighted by molar-refractivity contribution is 7.15. The summed E-state index contributed by atoms with van der Waals surface area (Å²) in [6, 6.07) is 16.8. The number of aromatic nitrogens is 3. The standard InChI is InChI=1S/C36H38N4O3S/c1-22-36(44-24(3)37-22)31-14-10-27-19-28(11-13-30(27)38-31)35-34(25-7-5-4-6-8-25)29-12-9-26(23(2)41)20-32(29)40(35)21-33(42)39-15-17-43-18-16-39/h9-14,19-20,25H,4-8,15-18,21H2,1-3H3. The van der Waals surface area contributed by atoms with Gasteiger partial charge in [0.05, 0.1) is 45.7 Å². The van der Waals surface area contributed by atoms with Gasteiger partial charge in [-0.1, -0.05) is 43.5 Å². The van der Waals surface area contributed by atoms with Crippen molar-refractivity contribution in [1.29, 1.82) is 0 Å². The fraction of sp³-hybridized carbons (Fsp3) is 0.389. The molecule has 226 valence electrons. The smallest absolute Gasteiger partial charge is 0.242 e. The van der Waals surface area contributed by atoms with Crippen LogP contribution in [0.15, 0.2) is 48.5 Å². The molecule has 7 nitrogen and oxygen atoms in total. The Balaban J connectivity index is 1.41. The van der Waals surface area contributed by atoms with E-state index >= 15 is 0 Å². The molecule has 1 amide bonds. The molecule has 1 saturated heterocycles. The summed E-state index contributed by atoms with van der Waals surface area (Å²) < 4.78 is 7.72. The van der Waals surface area contributed by atoms with Gasteiger partial charge in [-0.05, 0) is 74.9 Å². The van der Waals surface area contributed by atoms with Crippen molar-refractivity contribution in [3.63, 3.8) is 0 Å². The van der Waals surface area contributed by atoms with E-state index in [-0.39, 0.29) is 18.2 Å². The van der Waals surface area contributed by atoms with Crippen LogP contribution < -0.4 is 0 Å². The Labute approximate surface area is 261 Å². The zero-order valence-corrected chi connectivity index (χ0v) is 26.5. The number of rotatable bonds is 6. The highest BCUT2D eigenvalue weighted by Crippen LogP contribution is 2.45. The minimum atomic E-state index is 0.0267. The summed E-state index contributed by atoms with van der Waals surface area (Å²) in [6.07, 6.45) is 5.93. The number of ketones is 1. The summed E-state index contributed by atoms with van der Waals surface area (Å²) in [7, 11) is 0. The maximum absolute atomic E-state index is 13.8. The van der Waals surface area contributed by atoms with Crippen LogP contribution in [-0.2, 0) is 16.1 Å². The topological polar surface area (TPSA) is 77.3 Å². The molecular weight excluding hydrogens is 568 g/mol. The summed E-state index contributed by atoms with van der Waals surface area (Å²) in [5, 5.41) is 3.24. The predicted molar refractivity (Wildman–Crippen MR) is 176 cm³/mol. The average molecular weight is 607 g/mol. The molecule has 0 bridgehead atoms. The molecule has 0 radical (unpaired) electrons. The van der Waals surface area contributed by atoms with Gasteiger partial charge in [-0.3, -0.25) is 9.59 Å². The fourth-order valence-corrected chi connectivity index (χ4v) is 7.98. The van der Waals surface area contributed by atoms with Crippen molar-refractivity contribution in [2.45, 2.75) is 65.3 Å². The van der Waals surface area contributed by atoms with E-state index in [1.54, 1.807) is 18.3 Å². The molecule has 0 unspecified atom stereocenters. The van der Waals surface area contributed by atoms with Crippen molar-refractivity contribution in [3.05, 3.63) is 70.4 Å². The molecule has 5 aromatic rings. The molecule has 1 aliphatic heterocycles. The fourth-order valence-electron chi connectivity index (χ4n) is 7.09. The van der Waals surface area contributed by atoms with Gasteiger partial charge in [0.1, 0.15) is 6.54 Å². The van der Waals surface area contributed by atoms with Crippen LogP contribution in [0.25, 0.3) is 43.6 Å². The zero-order chi connectivity index (χ0) is 30.4. The molecule has 2 aliphatic rings. The molecular formula is C36H38N4O3S. The van der Waals surface area contributed by atoms with E-state index in [2.05, 4.69) is 45.9 Å². The number of aryl methyl sites for hydroxylation is 2. The van der Waals surface area contributed by atoms with Crippen LogP contribution in [0.2, 0.25) is 0 Å². The average Bonchev–Trinajstić information content (AvgIpc) is 3.56. The van der Waals surface area contributed by atoms with Gasteiger partial charge in [-0.2, -0.15) is 0 Å². The Morgan fingerprint density at radius 1 is 0.955 bits per heavy atom. The first-order valence-corrected chi connectivity index (χ1v) is 16.6. The van der Waals surface area contributed by atoms with Gasteiger partial charge in [-0.25, -0.2) is 9.97 Å². The van der Waals surface area contributed by atoms with Gasteiger partial charge in [0, 0.05) is 34.9 Å². The Bertz CT molecular complexity index is 1890. The van der Waals surface area contributed by atoms with Crippen molar-refractivity contribution in [1.82, 2.24) is 19.4 Å². The van der Waals surface area contributed by atoms with Crippen molar-refractivity contribution in [2.75, 3.05) is 26.3 Å². The lowest BCUT2D eigenvalue weighted by molar-refractivity contribution is -0.135. The Morgan fingerprint density at radius 3 is 2.48 bits per heavy atom. The van der Waals surface area contributed by atoms with E-state index in [0.717, 1.165) is 67.2 Å². The van der Waals surface area contributed by atoms with Gasteiger partial charge in [0.2, 0.25) is 5.91 Å². The van der Waals surface area contributed by atoms with Crippen molar-refractivity contribution < 1.29 is 14.3 Å². The van der Waals surface area contributed by atoms with E-state index in [9.17, 15) is 9.59 Å². The number of thiazole rings is 1. The lowest BCUT2D eigenvalue weighted by Crippen LogP contribution is -2.42. The molecule has 2 aromatic carbocycles. The first-order valence-electron chi connectivity index (χ1n) is 15.8. The molecule has 1 saturated carbocycles. The molecule has 4 heterocycles. The molecule has 2 fully saturated rings. The first-order chi connectivity index (χ1) is 21.4. The van der Waals surface area contributed by atoms with Crippen LogP contribution in [0.5, 0.6) is 0 Å². The Hall–Kier alpha value is -3.88. The Kier molecular flexibility index (Phi) is 7.81. The summed E-state index contributed by atoms with van der Waals surface area (Å²) in [5.74, 6) is 0.508. The van der Waals surface area contributed by atoms with Crippen molar-refractivity contribution in [3.8, 4) is 21.8 Å². The highest BCUT2D eigenvalue weighted by atomic mass is 32.1. The van der Waals surface area contributed by atoms with Gasteiger partial charge in [-0.15, -0.1) is 11.3 Å². The molecule has 0 atom stereocenters. The number of morpholine rings is 1. The monoisotopic (exact) mass is 606 g/mol. The van der Waals surface area contributed by atoms with E-state index in [0.29, 0.717) is 37.8 Å². The molecule has 1 aliphatic carbocycles. The number of amides is 1. The van der Waals surface area contributed by atoms with Crippen LogP contribution in [0, 0.1) is 13.8 Å². The van der Waals surface area contributed by atoms with Crippen LogP contribution in [-0.4, -0.2) is 57.4 Å². The number of hydrogen-bond donors (Lipinski definition) is 0. The third kappa shape index (κ3) is 5.35. The maximum atomic E-state index is 13.8. The molecule has 7 rings (SSSR count). The molecule has 44 heavy (non-hydrogen) atoms. The number of fused-ring (bicyclic) bond motifs is 2. The second kappa shape index (κ2) is 11.9. The normalized spacial score (nSPS) is 16.2. The van der Waals surface area contributed by atoms with Gasteiger partial charge < -0.3 is 14.2 Å². The quantitative estimate of drug-likeness (QED) is 0.185. The van der Waals surface area contributed by atoms with Gasteiger partial charge >= 0.3 is 0 Å². The lowest BCUT2D eigenvalue weighted by atomic mass is 9.81. The second-order valence-corrected chi connectivity index (χ2v) is 13.4. The third-order valence-corrected chi connectivity index (χ3v) is 10.4. The lowest BCUT2D eigenvalue weighted by Gasteiger charge is -2.28. The van der Waals surface area contributed by atoms with E-state index in [1.807, 2.05) is 30.9 Å². The maximum Gasteiger partial charge on any atom is 0.242 e. The van der Waals surface area contributed by atoms with Crippen LogP contribution in [0.4, 0.5) is 0 Å². The number of ether oxygens (including phenoxy) is 1. The molecule has 3 aromatic heterocycles. The van der Waals surface area contributed by atoms with Gasteiger partial charge in [0.25, 0.3) is 0 Å². The SMILES string of the molecule is CC(=O)c1ccc2c(C3CCCCC3)c(-c3ccc4nc(-c5sc(C)nc5C)ccc4c3)n(CC(=O)N3CCOCC3)c2c1. The minimum absolute atomic E-state index is 0.0267. The Morgan fingerprint density at radius 2 is 1.75 bits per heavy atom. The van der Waals surface area contributed by atoms with Crippen LogP contribution in [0.3, 0.4) is 0 Å². The van der Waals surface area contributed by atoms with Crippen molar-refractivity contribution >= 4 is 44.8 Å². The van der Waals surface area contributed by atoms with Gasteiger partial charge in [0.15, 0.2) is 5.78 Å². The zero-order valence-electron chi connectivity index (χ0n) is 25.7. The summed E-state index contributed by atoms with van der Waals surface area (Å²) in [6.45, 7) is 8.22. The first kappa shape index (κ1) is 28.9. The molecule has 0 N–H and O–H groups in total.